The molecule has 0 amide bonds. The maximum atomic E-state index is 5.25. The van der Waals surface area contributed by atoms with Gasteiger partial charge in [-0.05, 0) is 43.2 Å². The number of rotatable bonds is 7. The van der Waals surface area contributed by atoms with Gasteiger partial charge >= 0.3 is 0 Å². The third kappa shape index (κ3) is 5.41. The van der Waals surface area contributed by atoms with Gasteiger partial charge in [0.05, 0.1) is 7.11 Å². The fraction of sp³-hybridized carbons (Fsp3) is 0.524. The number of piperazine rings is 1. The molecule has 1 fully saturated rings. The monoisotopic (exact) mass is 384 g/mol. The molecule has 0 spiro atoms. The molecule has 1 N–H and O–H groups in total. The highest BCUT2D eigenvalue weighted by molar-refractivity contribution is 5.80. The molecule has 0 radical (unpaired) electrons. The third-order valence-electron chi connectivity index (χ3n) is 4.96. The highest BCUT2D eigenvalue weighted by atomic mass is 16.5. The number of aromatic nitrogens is 2. The minimum absolute atomic E-state index is 0.439. The molecule has 7 nitrogen and oxygen atoms in total. The minimum atomic E-state index is 0.439. The Labute approximate surface area is 168 Å². The van der Waals surface area contributed by atoms with Gasteiger partial charge in [0.1, 0.15) is 5.75 Å². The number of aliphatic imine (C=N–C) groups is 1. The Hall–Kier alpha value is -2.70. The molecule has 1 aromatic heterocycles. The van der Waals surface area contributed by atoms with Crippen molar-refractivity contribution in [1.29, 1.82) is 0 Å². The van der Waals surface area contributed by atoms with E-state index >= 15 is 0 Å². The Morgan fingerprint density at radius 3 is 2.57 bits per heavy atom. The van der Waals surface area contributed by atoms with Crippen LogP contribution in [0.1, 0.15) is 13.8 Å². The van der Waals surface area contributed by atoms with E-state index in [-0.39, 0.29) is 0 Å². The maximum absolute atomic E-state index is 5.25. The van der Waals surface area contributed by atoms with Gasteiger partial charge in [-0.15, -0.1) is 0 Å². The van der Waals surface area contributed by atoms with Gasteiger partial charge in [-0.25, -0.2) is 0 Å². The molecule has 152 valence electrons. The zero-order valence-electron chi connectivity index (χ0n) is 17.2. The molecule has 0 bridgehead atoms. The molecule has 0 saturated carbocycles. The van der Waals surface area contributed by atoms with Crippen LogP contribution in [0, 0.1) is 5.92 Å². The minimum Gasteiger partial charge on any atom is -0.497 e. The van der Waals surface area contributed by atoms with E-state index in [2.05, 4.69) is 46.2 Å². The molecule has 1 aromatic carbocycles. The molecule has 2 heterocycles. The van der Waals surface area contributed by atoms with Gasteiger partial charge < -0.3 is 19.9 Å². The summed E-state index contributed by atoms with van der Waals surface area (Å²) in [6, 6.07) is 10.3. The molecule has 1 aliphatic heterocycles. The summed E-state index contributed by atoms with van der Waals surface area (Å²) in [7, 11) is 1.70. The Balaban J connectivity index is 1.54. The van der Waals surface area contributed by atoms with E-state index in [1.54, 1.807) is 7.11 Å². The second-order valence-electron chi connectivity index (χ2n) is 7.20. The Kier molecular flexibility index (Phi) is 7.17. The number of nitrogens with one attached hydrogen (secondary N) is 1. The number of anilines is 1. The predicted octanol–water partition coefficient (Wildman–Crippen LogP) is 2.32. The largest absolute Gasteiger partial charge is 0.497 e. The van der Waals surface area contributed by atoms with Crippen molar-refractivity contribution >= 4 is 11.6 Å². The zero-order valence-corrected chi connectivity index (χ0v) is 17.2. The van der Waals surface area contributed by atoms with Gasteiger partial charge in [-0.3, -0.25) is 9.67 Å². The molecule has 2 aromatic rings. The van der Waals surface area contributed by atoms with E-state index in [1.165, 1.54) is 5.69 Å². The van der Waals surface area contributed by atoms with Gasteiger partial charge in [0.15, 0.2) is 5.96 Å². The van der Waals surface area contributed by atoms with Crippen molar-refractivity contribution in [1.82, 2.24) is 20.0 Å². The molecule has 1 unspecified atom stereocenters. The van der Waals surface area contributed by atoms with Crippen LogP contribution in [-0.4, -0.2) is 67.0 Å². The first-order chi connectivity index (χ1) is 13.7. The summed E-state index contributed by atoms with van der Waals surface area (Å²) in [4.78, 5) is 9.68. The number of guanidine groups is 1. The summed E-state index contributed by atoms with van der Waals surface area (Å²) in [6.07, 6.45) is 3.83. The summed E-state index contributed by atoms with van der Waals surface area (Å²) >= 11 is 0. The van der Waals surface area contributed by atoms with Gasteiger partial charge in [0.2, 0.25) is 0 Å². The first kappa shape index (κ1) is 20.0. The smallest absolute Gasteiger partial charge is 0.194 e. The lowest BCUT2D eigenvalue weighted by Gasteiger charge is -2.37. The van der Waals surface area contributed by atoms with E-state index < -0.39 is 0 Å². The second kappa shape index (κ2) is 10.0. The van der Waals surface area contributed by atoms with Gasteiger partial charge in [-0.1, -0.05) is 6.92 Å². The van der Waals surface area contributed by atoms with Crippen molar-refractivity contribution < 1.29 is 4.74 Å². The Bertz CT molecular complexity index is 720. The first-order valence-electron chi connectivity index (χ1n) is 10.1. The van der Waals surface area contributed by atoms with E-state index in [4.69, 9.17) is 9.73 Å². The van der Waals surface area contributed by atoms with Crippen LogP contribution < -0.4 is 15.0 Å². The molecule has 0 aliphatic carbocycles. The zero-order chi connectivity index (χ0) is 19.8. The number of benzene rings is 1. The number of methoxy groups -OCH3 is 1. The van der Waals surface area contributed by atoms with Crippen LogP contribution in [0.25, 0.3) is 0 Å². The number of hydrogen-bond donors (Lipinski definition) is 1. The molecule has 3 rings (SSSR count). The number of hydrogen-bond acceptors (Lipinski definition) is 4. The average molecular weight is 385 g/mol. The second-order valence-corrected chi connectivity index (χ2v) is 7.20. The predicted molar refractivity (Wildman–Crippen MR) is 114 cm³/mol. The molecular formula is C21H32N6O. The number of ether oxygens (including phenoxy) is 1. The van der Waals surface area contributed by atoms with E-state index in [0.29, 0.717) is 5.92 Å². The lowest BCUT2D eigenvalue weighted by molar-refractivity contribution is 0.369. The fourth-order valence-corrected chi connectivity index (χ4v) is 3.42. The van der Waals surface area contributed by atoms with Crippen LogP contribution in [0.2, 0.25) is 0 Å². The summed E-state index contributed by atoms with van der Waals surface area (Å²) < 4.78 is 7.23. The van der Waals surface area contributed by atoms with Crippen molar-refractivity contribution in [3.8, 4) is 5.75 Å². The van der Waals surface area contributed by atoms with Crippen LogP contribution in [0.15, 0.2) is 47.7 Å². The van der Waals surface area contributed by atoms with E-state index in [9.17, 15) is 0 Å². The highest BCUT2D eigenvalue weighted by Gasteiger charge is 2.20. The summed E-state index contributed by atoms with van der Waals surface area (Å²) in [5.41, 5.74) is 1.25. The third-order valence-corrected chi connectivity index (χ3v) is 4.96. The van der Waals surface area contributed by atoms with Gasteiger partial charge in [0, 0.05) is 63.9 Å². The molecule has 28 heavy (non-hydrogen) atoms. The molecule has 1 saturated heterocycles. The van der Waals surface area contributed by atoms with E-state index in [0.717, 1.165) is 57.5 Å². The first-order valence-corrected chi connectivity index (χ1v) is 10.1. The molecule has 7 heteroatoms. The van der Waals surface area contributed by atoms with E-state index in [1.807, 2.05) is 35.3 Å². The van der Waals surface area contributed by atoms with Crippen molar-refractivity contribution in [2.24, 2.45) is 10.9 Å². The normalized spacial score (nSPS) is 16.2. The Morgan fingerprint density at radius 2 is 1.96 bits per heavy atom. The van der Waals surface area contributed by atoms with Crippen LogP contribution in [0.3, 0.4) is 0 Å². The fourth-order valence-electron chi connectivity index (χ4n) is 3.42. The maximum Gasteiger partial charge on any atom is 0.194 e. The van der Waals surface area contributed by atoms with Crippen LogP contribution >= 0.6 is 0 Å². The Morgan fingerprint density at radius 1 is 1.21 bits per heavy atom. The number of nitrogens with zero attached hydrogens (tertiary/aromatic N) is 5. The van der Waals surface area contributed by atoms with Gasteiger partial charge in [0.25, 0.3) is 0 Å². The summed E-state index contributed by atoms with van der Waals surface area (Å²) in [5.74, 6) is 2.35. The van der Waals surface area contributed by atoms with Crippen molar-refractivity contribution in [3.63, 3.8) is 0 Å². The summed E-state index contributed by atoms with van der Waals surface area (Å²) in [5, 5.41) is 7.74. The lowest BCUT2D eigenvalue weighted by atomic mass is 10.2. The van der Waals surface area contributed by atoms with Crippen molar-refractivity contribution in [2.45, 2.75) is 20.4 Å². The average Bonchev–Trinajstić information content (AvgIpc) is 3.24. The molecule has 1 atom stereocenters. The van der Waals surface area contributed by atoms with Crippen LogP contribution in [-0.2, 0) is 6.54 Å². The van der Waals surface area contributed by atoms with Crippen molar-refractivity contribution in [2.75, 3.05) is 51.3 Å². The van der Waals surface area contributed by atoms with Crippen LogP contribution in [0.5, 0.6) is 5.75 Å². The molecular weight excluding hydrogens is 352 g/mol. The standard InChI is InChI=1S/C21H32N6O/c1-4-22-21(23-16-18(2)17-27-11-5-10-24-27)26-14-12-25(13-15-26)19-6-8-20(28-3)9-7-19/h5-11,18H,4,12-17H2,1-3H3,(H,22,23). The molecule has 1 aliphatic rings. The summed E-state index contributed by atoms with van der Waals surface area (Å²) in [6.45, 7) is 10.8. The lowest BCUT2D eigenvalue weighted by Crippen LogP contribution is -2.52. The highest BCUT2D eigenvalue weighted by Crippen LogP contribution is 2.20. The van der Waals surface area contributed by atoms with Crippen LogP contribution in [0.4, 0.5) is 5.69 Å². The SMILES string of the molecule is CCNC(=NCC(C)Cn1cccn1)N1CCN(c2ccc(OC)cc2)CC1. The topological polar surface area (TPSA) is 57.9 Å². The van der Waals surface area contributed by atoms with Crippen molar-refractivity contribution in [3.05, 3.63) is 42.7 Å². The quantitative estimate of drug-likeness (QED) is 0.586. The van der Waals surface area contributed by atoms with Gasteiger partial charge in [-0.2, -0.15) is 5.10 Å².